The predicted molar refractivity (Wildman–Crippen MR) is 132 cm³/mol. The van der Waals surface area contributed by atoms with Gasteiger partial charge in [-0.2, -0.15) is 0 Å². The van der Waals surface area contributed by atoms with Gasteiger partial charge in [0.1, 0.15) is 23.0 Å². The van der Waals surface area contributed by atoms with E-state index in [-0.39, 0.29) is 31.0 Å². The normalized spacial score (nSPS) is 12.9. The summed E-state index contributed by atoms with van der Waals surface area (Å²) in [6.07, 6.45) is -0.333. The molecule has 1 heterocycles. The minimum Gasteiger partial charge on any atom is -0.496 e. The van der Waals surface area contributed by atoms with Crippen LogP contribution in [0.3, 0.4) is 0 Å². The van der Waals surface area contributed by atoms with Crippen LogP contribution in [0.15, 0.2) is 71.1 Å². The van der Waals surface area contributed by atoms with E-state index in [1.807, 2.05) is 36.4 Å². The highest BCUT2D eigenvalue weighted by Crippen LogP contribution is 2.33. The van der Waals surface area contributed by atoms with Gasteiger partial charge in [0, 0.05) is 29.3 Å². The molecule has 0 saturated heterocycles. The third kappa shape index (κ3) is 5.28. The summed E-state index contributed by atoms with van der Waals surface area (Å²) in [5.41, 5.74) is 2.22. The van der Waals surface area contributed by atoms with E-state index in [1.165, 1.54) is 13.2 Å². The van der Waals surface area contributed by atoms with Crippen molar-refractivity contribution in [2.24, 2.45) is 0 Å². The van der Waals surface area contributed by atoms with Crippen molar-refractivity contribution in [1.82, 2.24) is 5.32 Å². The maximum Gasteiger partial charge on any atom is 0.327 e. The molecule has 4 rings (SSSR count). The van der Waals surface area contributed by atoms with Gasteiger partial charge in [-0.05, 0) is 36.8 Å². The number of anilines is 1. The molecule has 9 nitrogen and oxygen atoms in total. The standard InChI is InChI=1S/C25H24N2O7S/c1-33-21-8-4-2-6-16(21)15-26-24(28)13-11-20(25(29)30)27(35(31)32)17-10-12-23-19(14-17)18-7-3-5-9-22(18)34-23/h2-10,12,14,20H,11,13,15H2,1H3,(H,26,28)(H,29,30)(H,31,32). The second kappa shape index (κ2) is 10.6. The van der Waals surface area contributed by atoms with Crippen molar-refractivity contribution >= 4 is 50.8 Å². The van der Waals surface area contributed by atoms with Crippen LogP contribution in [0.4, 0.5) is 5.69 Å². The first-order chi connectivity index (χ1) is 16.9. The van der Waals surface area contributed by atoms with E-state index >= 15 is 0 Å². The summed E-state index contributed by atoms with van der Waals surface area (Å²) in [7, 11) is 1.53. The van der Waals surface area contributed by atoms with Crippen LogP contribution < -0.4 is 14.4 Å². The molecule has 4 aromatic rings. The Hall–Kier alpha value is -3.89. The second-order valence-electron chi connectivity index (χ2n) is 7.82. The lowest BCUT2D eigenvalue weighted by atomic mass is 10.1. The zero-order valence-corrected chi connectivity index (χ0v) is 19.7. The number of hydrogen-bond donors (Lipinski definition) is 3. The van der Waals surface area contributed by atoms with E-state index < -0.39 is 23.3 Å². The van der Waals surface area contributed by atoms with Crippen LogP contribution in [0, 0.1) is 0 Å². The maximum atomic E-state index is 12.4. The molecule has 1 amide bonds. The number of carboxylic acid groups (broad SMARTS) is 1. The van der Waals surface area contributed by atoms with Gasteiger partial charge in [0.05, 0.1) is 12.8 Å². The largest absolute Gasteiger partial charge is 0.496 e. The molecule has 0 fully saturated rings. The summed E-state index contributed by atoms with van der Waals surface area (Å²) < 4.78 is 34.2. The number of furan rings is 1. The highest BCUT2D eigenvalue weighted by atomic mass is 32.2. The van der Waals surface area contributed by atoms with E-state index in [4.69, 9.17) is 9.15 Å². The Bertz CT molecular complexity index is 1400. The van der Waals surface area contributed by atoms with Gasteiger partial charge >= 0.3 is 5.97 Å². The lowest BCUT2D eigenvalue weighted by Crippen LogP contribution is -2.43. The number of ether oxygens (including phenoxy) is 1. The first-order valence-electron chi connectivity index (χ1n) is 10.8. The van der Waals surface area contributed by atoms with E-state index in [0.29, 0.717) is 22.3 Å². The molecule has 1 aromatic heterocycles. The van der Waals surface area contributed by atoms with Crippen LogP contribution in [0.2, 0.25) is 0 Å². The lowest BCUT2D eigenvalue weighted by Gasteiger charge is -2.26. The number of carbonyl (C=O) groups excluding carboxylic acids is 1. The summed E-state index contributed by atoms with van der Waals surface area (Å²) in [6, 6.07) is 17.9. The minimum atomic E-state index is -2.65. The van der Waals surface area contributed by atoms with Gasteiger partial charge in [0.2, 0.25) is 5.91 Å². The molecule has 2 atom stereocenters. The number of para-hydroxylation sites is 2. The van der Waals surface area contributed by atoms with Crippen LogP contribution in [0.1, 0.15) is 18.4 Å². The van der Waals surface area contributed by atoms with Gasteiger partial charge in [-0.3, -0.25) is 13.7 Å². The number of amides is 1. The third-order valence-electron chi connectivity index (χ3n) is 5.66. The summed E-state index contributed by atoms with van der Waals surface area (Å²) in [6.45, 7) is 0.209. The summed E-state index contributed by atoms with van der Waals surface area (Å²) in [5.74, 6) is -1.08. The molecule has 182 valence electrons. The van der Waals surface area contributed by atoms with Crippen LogP contribution in [0.5, 0.6) is 5.75 Å². The van der Waals surface area contributed by atoms with Crippen molar-refractivity contribution in [2.45, 2.75) is 25.4 Å². The Morgan fingerprint density at radius 1 is 1.06 bits per heavy atom. The highest BCUT2D eigenvalue weighted by Gasteiger charge is 2.31. The molecular formula is C25H24N2O7S. The Balaban J connectivity index is 1.52. The van der Waals surface area contributed by atoms with Gasteiger partial charge in [0.25, 0.3) is 11.3 Å². The number of fused-ring (bicyclic) bond motifs is 3. The van der Waals surface area contributed by atoms with Gasteiger partial charge in [0.15, 0.2) is 0 Å². The van der Waals surface area contributed by atoms with Gasteiger partial charge < -0.3 is 19.6 Å². The van der Waals surface area contributed by atoms with Crippen molar-refractivity contribution in [2.75, 3.05) is 11.4 Å². The molecule has 35 heavy (non-hydrogen) atoms. The number of hydrogen-bond acceptors (Lipinski definition) is 5. The Labute approximate surface area is 203 Å². The van der Waals surface area contributed by atoms with Crippen LogP contribution in [0.25, 0.3) is 21.9 Å². The number of carbonyl (C=O) groups is 2. The molecule has 10 heteroatoms. The van der Waals surface area contributed by atoms with E-state index in [0.717, 1.165) is 15.3 Å². The fraction of sp³-hybridized carbons (Fsp3) is 0.200. The molecule has 0 spiro atoms. The molecule has 0 aliphatic carbocycles. The summed E-state index contributed by atoms with van der Waals surface area (Å²) >= 11 is -2.65. The van der Waals surface area contributed by atoms with Crippen LogP contribution >= 0.6 is 0 Å². The SMILES string of the molecule is COc1ccccc1CNC(=O)CCC(C(=O)O)N(c1ccc2oc3ccccc3c2c1)S(=O)O. The number of carboxylic acids is 1. The van der Waals surface area contributed by atoms with Gasteiger partial charge in [-0.15, -0.1) is 0 Å². The molecular weight excluding hydrogens is 472 g/mol. The number of rotatable bonds is 10. The predicted octanol–water partition coefficient (Wildman–Crippen LogP) is 4.09. The van der Waals surface area contributed by atoms with Gasteiger partial charge in [-0.1, -0.05) is 36.4 Å². The third-order valence-corrected chi connectivity index (χ3v) is 6.47. The topological polar surface area (TPSA) is 129 Å². The molecule has 0 aliphatic rings. The zero-order valence-electron chi connectivity index (χ0n) is 18.8. The number of nitrogens with zero attached hydrogens (tertiary/aromatic N) is 1. The van der Waals surface area contributed by atoms with Crippen molar-refractivity contribution in [3.63, 3.8) is 0 Å². The summed E-state index contributed by atoms with van der Waals surface area (Å²) in [4.78, 5) is 24.5. The first kappa shape index (κ1) is 24.2. The van der Waals surface area contributed by atoms with E-state index in [9.17, 15) is 23.5 Å². The summed E-state index contributed by atoms with van der Waals surface area (Å²) in [5, 5.41) is 14.1. The minimum absolute atomic E-state index is 0.156. The maximum absolute atomic E-state index is 12.4. The molecule has 2 unspecified atom stereocenters. The molecule has 0 bridgehead atoms. The molecule has 0 saturated carbocycles. The molecule has 3 aromatic carbocycles. The Kier molecular flexibility index (Phi) is 7.33. The average molecular weight is 497 g/mol. The van der Waals surface area contributed by atoms with Gasteiger partial charge in [-0.25, -0.2) is 9.00 Å². The fourth-order valence-corrected chi connectivity index (χ4v) is 4.68. The highest BCUT2D eigenvalue weighted by molar-refractivity contribution is 7.80. The molecule has 0 radical (unpaired) electrons. The number of aliphatic carboxylic acids is 1. The Morgan fingerprint density at radius 2 is 1.77 bits per heavy atom. The van der Waals surface area contributed by atoms with Crippen molar-refractivity contribution in [3.05, 3.63) is 72.3 Å². The average Bonchev–Trinajstić information content (AvgIpc) is 3.22. The monoisotopic (exact) mass is 496 g/mol. The zero-order chi connectivity index (χ0) is 24.9. The van der Waals surface area contributed by atoms with Crippen LogP contribution in [-0.2, 0) is 27.4 Å². The van der Waals surface area contributed by atoms with Crippen molar-refractivity contribution in [3.8, 4) is 5.75 Å². The van der Waals surface area contributed by atoms with Crippen molar-refractivity contribution in [1.29, 1.82) is 0 Å². The molecule has 3 N–H and O–H groups in total. The Morgan fingerprint density at radius 3 is 2.51 bits per heavy atom. The lowest BCUT2D eigenvalue weighted by molar-refractivity contribution is -0.138. The molecule has 0 aliphatic heterocycles. The van der Waals surface area contributed by atoms with E-state index in [2.05, 4.69) is 5.32 Å². The second-order valence-corrected chi connectivity index (χ2v) is 8.67. The first-order valence-corrected chi connectivity index (χ1v) is 11.9. The van der Waals surface area contributed by atoms with E-state index in [1.54, 1.807) is 24.3 Å². The number of methoxy groups -OCH3 is 1. The number of benzene rings is 3. The van der Waals surface area contributed by atoms with Crippen LogP contribution in [-0.4, -0.2) is 38.9 Å². The number of nitrogens with one attached hydrogen (secondary N) is 1. The smallest absolute Gasteiger partial charge is 0.327 e. The van der Waals surface area contributed by atoms with Crippen molar-refractivity contribution < 1.29 is 32.6 Å². The quantitative estimate of drug-likeness (QED) is 0.282. The fourth-order valence-electron chi connectivity index (χ4n) is 3.97.